The molecule has 0 fully saturated rings. The first-order valence-electron chi connectivity index (χ1n) is 5.00. The molecule has 2 atom stereocenters. The summed E-state index contributed by atoms with van der Waals surface area (Å²) in [5, 5.41) is 3.36. The highest BCUT2D eigenvalue weighted by Gasteiger charge is 2.11. The highest BCUT2D eigenvalue weighted by atomic mass is 32.2. The minimum Gasteiger partial charge on any atom is -0.469 e. The van der Waals surface area contributed by atoms with Gasteiger partial charge < -0.3 is 10.1 Å². The van der Waals surface area contributed by atoms with Gasteiger partial charge in [-0.15, -0.1) is 0 Å². The molecule has 0 aromatic heterocycles. The Morgan fingerprint density at radius 3 is 2.57 bits per heavy atom. The Morgan fingerprint density at radius 1 is 1.43 bits per heavy atom. The molecule has 0 saturated heterocycles. The van der Waals surface area contributed by atoms with E-state index in [9.17, 15) is 4.79 Å². The molecule has 2 unspecified atom stereocenters. The van der Waals surface area contributed by atoms with Gasteiger partial charge in [0.15, 0.2) is 0 Å². The zero-order chi connectivity index (χ0) is 11.0. The van der Waals surface area contributed by atoms with Crippen molar-refractivity contribution in [3.63, 3.8) is 0 Å². The molecule has 0 aromatic carbocycles. The molecular weight excluding hydrogens is 198 g/mol. The van der Waals surface area contributed by atoms with Gasteiger partial charge in [-0.1, -0.05) is 6.92 Å². The van der Waals surface area contributed by atoms with Gasteiger partial charge in [-0.2, -0.15) is 11.8 Å². The lowest BCUT2D eigenvalue weighted by Gasteiger charge is -2.18. The first kappa shape index (κ1) is 13.8. The number of methoxy groups -OCH3 is 1. The van der Waals surface area contributed by atoms with E-state index in [1.54, 1.807) is 0 Å². The predicted octanol–water partition coefficient (Wildman–Crippen LogP) is 1.67. The predicted molar refractivity (Wildman–Crippen MR) is 61.7 cm³/mol. The van der Waals surface area contributed by atoms with Gasteiger partial charge in [0.2, 0.25) is 0 Å². The van der Waals surface area contributed by atoms with Crippen LogP contribution in [0.5, 0.6) is 0 Å². The van der Waals surface area contributed by atoms with E-state index < -0.39 is 0 Å². The van der Waals surface area contributed by atoms with Crippen LogP contribution in [0, 0.1) is 0 Å². The monoisotopic (exact) mass is 219 g/mol. The average molecular weight is 219 g/mol. The van der Waals surface area contributed by atoms with Crippen LogP contribution in [0.25, 0.3) is 0 Å². The number of hydrogen-bond acceptors (Lipinski definition) is 4. The Labute approximate surface area is 91.0 Å². The van der Waals surface area contributed by atoms with E-state index in [2.05, 4.69) is 23.9 Å². The van der Waals surface area contributed by atoms with Crippen molar-refractivity contribution in [2.24, 2.45) is 0 Å². The molecule has 3 nitrogen and oxygen atoms in total. The first-order chi connectivity index (χ1) is 6.60. The van der Waals surface area contributed by atoms with E-state index in [0.717, 1.165) is 11.5 Å². The van der Waals surface area contributed by atoms with Crippen LogP contribution >= 0.6 is 11.8 Å². The molecule has 0 aliphatic rings. The number of nitrogens with one attached hydrogen (secondary N) is 1. The molecular formula is C10H21NO2S. The van der Waals surface area contributed by atoms with Gasteiger partial charge >= 0.3 is 5.97 Å². The fourth-order valence-corrected chi connectivity index (χ4v) is 1.91. The minimum absolute atomic E-state index is 0.152. The van der Waals surface area contributed by atoms with E-state index in [0.29, 0.717) is 12.5 Å². The number of esters is 1. The maximum absolute atomic E-state index is 11.0. The van der Waals surface area contributed by atoms with Crippen LogP contribution in [0.2, 0.25) is 0 Å². The summed E-state index contributed by atoms with van der Waals surface area (Å²) in [5.41, 5.74) is 0. The topological polar surface area (TPSA) is 38.3 Å². The van der Waals surface area contributed by atoms with Crippen molar-refractivity contribution in [2.45, 2.75) is 39.3 Å². The van der Waals surface area contributed by atoms with Crippen molar-refractivity contribution < 1.29 is 9.53 Å². The second kappa shape index (κ2) is 8.12. The van der Waals surface area contributed by atoms with Crippen LogP contribution < -0.4 is 5.32 Å². The van der Waals surface area contributed by atoms with E-state index in [-0.39, 0.29) is 12.0 Å². The van der Waals surface area contributed by atoms with Crippen LogP contribution in [0.4, 0.5) is 0 Å². The van der Waals surface area contributed by atoms with Crippen molar-refractivity contribution >= 4 is 17.7 Å². The van der Waals surface area contributed by atoms with Crippen molar-refractivity contribution in [1.82, 2.24) is 5.32 Å². The van der Waals surface area contributed by atoms with Gasteiger partial charge in [0, 0.05) is 17.8 Å². The summed E-state index contributed by atoms with van der Waals surface area (Å²) in [5.74, 6) is 2.07. The molecule has 0 saturated carbocycles. The Balaban J connectivity index is 3.59. The quantitative estimate of drug-likeness (QED) is 0.661. The smallest absolute Gasteiger partial charge is 0.307 e. The molecule has 4 heteroatoms. The Morgan fingerprint density at radius 2 is 2.07 bits per heavy atom. The van der Waals surface area contributed by atoms with Crippen LogP contribution in [-0.2, 0) is 9.53 Å². The molecule has 0 amide bonds. The molecule has 84 valence electrons. The summed E-state index contributed by atoms with van der Waals surface area (Å²) in [6.07, 6.45) is 0.442. The van der Waals surface area contributed by atoms with Crippen LogP contribution in [0.15, 0.2) is 0 Å². The largest absolute Gasteiger partial charge is 0.469 e. The van der Waals surface area contributed by atoms with Gasteiger partial charge in [0.1, 0.15) is 0 Å². The summed E-state index contributed by atoms with van der Waals surface area (Å²) in [4.78, 5) is 11.0. The van der Waals surface area contributed by atoms with E-state index in [1.165, 1.54) is 7.11 Å². The summed E-state index contributed by atoms with van der Waals surface area (Å²) in [6, 6.07) is 0.634. The molecule has 0 aliphatic heterocycles. The van der Waals surface area contributed by atoms with Gasteiger partial charge in [-0.05, 0) is 19.6 Å². The van der Waals surface area contributed by atoms with Crippen molar-refractivity contribution in [3.8, 4) is 0 Å². The number of rotatable bonds is 7. The summed E-state index contributed by atoms with van der Waals surface area (Å²) < 4.78 is 4.60. The lowest BCUT2D eigenvalue weighted by Crippen LogP contribution is -2.37. The Hall–Kier alpha value is -0.220. The summed E-state index contributed by atoms with van der Waals surface area (Å²) in [7, 11) is 1.42. The fraction of sp³-hybridized carbons (Fsp3) is 0.900. The minimum atomic E-state index is -0.152. The number of ether oxygens (including phenoxy) is 1. The molecule has 0 spiro atoms. The van der Waals surface area contributed by atoms with E-state index in [1.807, 2.05) is 18.7 Å². The molecule has 1 N–H and O–H groups in total. The lowest BCUT2D eigenvalue weighted by atomic mass is 10.2. The molecule has 0 heterocycles. The van der Waals surface area contributed by atoms with Crippen LogP contribution in [0.1, 0.15) is 27.2 Å². The number of carbonyl (C=O) groups is 1. The molecule has 0 bridgehead atoms. The molecule has 0 radical (unpaired) electrons. The molecule has 0 aliphatic carbocycles. The Kier molecular flexibility index (Phi) is 7.99. The van der Waals surface area contributed by atoms with Crippen LogP contribution in [-0.4, -0.2) is 36.7 Å². The van der Waals surface area contributed by atoms with E-state index >= 15 is 0 Å². The van der Waals surface area contributed by atoms with Gasteiger partial charge in [-0.3, -0.25) is 4.79 Å². The normalized spacial score (nSPS) is 14.9. The number of carbonyl (C=O) groups excluding carboxylic acids is 1. The third-order valence-corrected chi connectivity index (χ3v) is 2.99. The van der Waals surface area contributed by atoms with Crippen molar-refractivity contribution in [2.75, 3.05) is 18.6 Å². The standard InChI is InChI=1S/C10H21NO2S/c1-5-14-7-9(3)11-8(2)6-10(12)13-4/h8-9,11H,5-7H2,1-4H3. The molecule has 0 rings (SSSR count). The van der Waals surface area contributed by atoms with Crippen LogP contribution in [0.3, 0.4) is 0 Å². The SMILES string of the molecule is CCSCC(C)NC(C)CC(=O)OC. The lowest BCUT2D eigenvalue weighted by molar-refractivity contribution is -0.141. The van der Waals surface area contributed by atoms with Gasteiger partial charge in [0.05, 0.1) is 13.5 Å². The third kappa shape index (κ3) is 7.21. The first-order valence-corrected chi connectivity index (χ1v) is 6.16. The highest BCUT2D eigenvalue weighted by Crippen LogP contribution is 2.03. The maximum Gasteiger partial charge on any atom is 0.307 e. The van der Waals surface area contributed by atoms with Gasteiger partial charge in [-0.25, -0.2) is 0 Å². The highest BCUT2D eigenvalue weighted by molar-refractivity contribution is 7.99. The zero-order valence-electron chi connectivity index (χ0n) is 9.50. The third-order valence-electron chi connectivity index (χ3n) is 1.84. The Bertz CT molecular complexity index is 164. The fourth-order valence-electron chi connectivity index (χ4n) is 1.22. The maximum atomic E-state index is 11.0. The van der Waals surface area contributed by atoms with Gasteiger partial charge in [0.25, 0.3) is 0 Å². The summed E-state index contributed by atoms with van der Waals surface area (Å²) >= 11 is 1.90. The summed E-state index contributed by atoms with van der Waals surface area (Å²) in [6.45, 7) is 6.29. The second-order valence-electron chi connectivity index (χ2n) is 3.41. The van der Waals surface area contributed by atoms with E-state index in [4.69, 9.17) is 0 Å². The molecule has 14 heavy (non-hydrogen) atoms. The number of hydrogen-bond donors (Lipinski definition) is 1. The van der Waals surface area contributed by atoms with Crippen molar-refractivity contribution in [3.05, 3.63) is 0 Å². The zero-order valence-corrected chi connectivity index (χ0v) is 10.3. The number of thioether (sulfide) groups is 1. The second-order valence-corrected chi connectivity index (χ2v) is 4.73. The average Bonchev–Trinajstić information content (AvgIpc) is 2.14. The molecule has 0 aromatic rings. The van der Waals surface area contributed by atoms with Crippen molar-refractivity contribution in [1.29, 1.82) is 0 Å².